The van der Waals surface area contributed by atoms with Gasteiger partial charge in [-0.1, -0.05) is 28.9 Å². The zero-order chi connectivity index (χ0) is 22.2. The van der Waals surface area contributed by atoms with Gasteiger partial charge in [-0.05, 0) is 54.4 Å². The van der Waals surface area contributed by atoms with E-state index in [1.807, 2.05) is 29.1 Å². The van der Waals surface area contributed by atoms with Crippen molar-refractivity contribution in [3.63, 3.8) is 0 Å². The monoisotopic (exact) mass is 449 g/mol. The summed E-state index contributed by atoms with van der Waals surface area (Å²) in [6.07, 6.45) is 5.18. The van der Waals surface area contributed by atoms with Gasteiger partial charge >= 0.3 is 0 Å². The quantitative estimate of drug-likeness (QED) is 0.316. The van der Waals surface area contributed by atoms with Crippen LogP contribution in [0.3, 0.4) is 0 Å². The van der Waals surface area contributed by atoms with Crippen molar-refractivity contribution in [2.24, 2.45) is 4.99 Å². The number of benzene rings is 2. The summed E-state index contributed by atoms with van der Waals surface area (Å²) in [7, 11) is 1.75. The Morgan fingerprint density at radius 2 is 1.78 bits per heavy atom. The van der Waals surface area contributed by atoms with Crippen molar-refractivity contribution in [2.45, 2.75) is 12.8 Å². The minimum atomic E-state index is 0.553. The van der Waals surface area contributed by atoms with Gasteiger partial charge in [0.25, 0.3) is 0 Å². The minimum Gasteiger partial charge on any atom is -0.356 e. The second-order valence-corrected chi connectivity index (χ2v) is 7.50. The maximum absolute atomic E-state index is 5.92. The molecule has 0 radical (unpaired) electrons. The van der Waals surface area contributed by atoms with Crippen molar-refractivity contribution in [3.8, 4) is 17.1 Å². The summed E-state index contributed by atoms with van der Waals surface area (Å²) < 4.78 is 7.18. The Kier molecular flexibility index (Phi) is 7.14. The summed E-state index contributed by atoms with van der Waals surface area (Å²) in [6, 6.07) is 17.6. The van der Waals surface area contributed by atoms with Gasteiger partial charge in [0.2, 0.25) is 11.7 Å². The first-order chi connectivity index (χ1) is 15.7. The predicted octanol–water partition coefficient (Wildman–Crippen LogP) is 3.53. The number of halogens is 1. The van der Waals surface area contributed by atoms with Crippen LogP contribution >= 0.6 is 11.6 Å². The summed E-state index contributed by atoms with van der Waals surface area (Å²) in [5.74, 6) is 1.85. The molecule has 0 atom stereocenters. The Morgan fingerprint density at radius 3 is 2.47 bits per heavy atom. The van der Waals surface area contributed by atoms with Crippen LogP contribution in [0, 0.1) is 0 Å². The summed E-state index contributed by atoms with van der Waals surface area (Å²) in [5.41, 5.74) is 3.15. The third-order valence-electron chi connectivity index (χ3n) is 4.84. The number of nitrogens with one attached hydrogen (secondary N) is 2. The number of aromatic nitrogens is 4. The lowest BCUT2D eigenvalue weighted by Gasteiger charge is -2.11. The lowest BCUT2D eigenvalue weighted by Crippen LogP contribution is -2.39. The Hall–Kier alpha value is -3.65. The van der Waals surface area contributed by atoms with E-state index < -0.39 is 0 Å². The lowest BCUT2D eigenvalue weighted by atomic mass is 10.1. The fourth-order valence-corrected chi connectivity index (χ4v) is 3.27. The fraction of sp³-hybridized carbons (Fsp3) is 0.217. The Bertz CT molecular complexity index is 1140. The third kappa shape index (κ3) is 5.73. The smallest absolute Gasteiger partial charge is 0.228 e. The molecule has 164 valence electrons. The van der Waals surface area contributed by atoms with Gasteiger partial charge in [0.05, 0.1) is 5.69 Å². The summed E-state index contributed by atoms with van der Waals surface area (Å²) in [4.78, 5) is 8.70. The van der Waals surface area contributed by atoms with Gasteiger partial charge in [-0.15, -0.1) is 0 Å². The van der Waals surface area contributed by atoms with Gasteiger partial charge in [-0.3, -0.25) is 4.99 Å². The van der Waals surface area contributed by atoms with Crippen molar-refractivity contribution in [1.29, 1.82) is 0 Å². The first kappa shape index (κ1) is 21.6. The molecule has 9 heteroatoms. The Morgan fingerprint density at radius 1 is 1.03 bits per heavy atom. The molecule has 0 saturated heterocycles. The molecule has 2 aromatic carbocycles. The van der Waals surface area contributed by atoms with E-state index in [1.165, 1.54) is 5.56 Å². The molecule has 0 spiro atoms. The zero-order valence-electron chi connectivity index (χ0n) is 17.7. The first-order valence-electron chi connectivity index (χ1n) is 10.3. The summed E-state index contributed by atoms with van der Waals surface area (Å²) >= 11 is 5.92. The average molecular weight is 450 g/mol. The van der Waals surface area contributed by atoms with Gasteiger partial charge < -0.3 is 15.2 Å². The molecular formula is C23H24ClN7O. The van der Waals surface area contributed by atoms with Crippen LogP contribution in [-0.4, -0.2) is 46.0 Å². The van der Waals surface area contributed by atoms with E-state index in [0.29, 0.717) is 29.7 Å². The molecule has 2 aromatic heterocycles. The first-order valence-corrected chi connectivity index (χ1v) is 10.7. The van der Waals surface area contributed by atoms with E-state index >= 15 is 0 Å². The van der Waals surface area contributed by atoms with Gasteiger partial charge in [-0.25, -0.2) is 4.68 Å². The Balaban J connectivity index is 1.20. The number of rotatable bonds is 8. The highest BCUT2D eigenvalue weighted by atomic mass is 35.5. The SMILES string of the molecule is CN=C(NCCc1ccc(-n2cccn2)cc1)NCCc1nc(-c2ccc(Cl)cc2)no1. The highest BCUT2D eigenvalue weighted by Crippen LogP contribution is 2.18. The van der Waals surface area contributed by atoms with Crippen molar-refractivity contribution in [1.82, 2.24) is 30.6 Å². The molecule has 2 N–H and O–H groups in total. The van der Waals surface area contributed by atoms with Gasteiger partial charge in [0.1, 0.15) is 0 Å². The minimum absolute atomic E-state index is 0.553. The fourth-order valence-electron chi connectivity index (χ4n) is 3.14. The van der Waals surface area contributed by atoms with E-state index in [0.717, 1.165) is 30.2 Å². The van der Waals surface area contributed by atoms with Crippen LogP contribution in [0.5, 0.6) is 0 Å². The van der Waals surface area contributed by atoms with Gasteiger partial charge in [-0.2, -0.15) is 10.1 Å². The molecule has 2 heterocycles. The van der Waals surface area contributed by atoms with E-state index in [9.17, 15) is 0 Å². The molecule has 32 heavy (non-hydrogen) atoms. The number of guanidine groups is 1. The third-order valence-corrected chi connectivity index (χ3v) is 5.09. The molecule has 0 saturated carbocycles. The number of aliphatic imine (C=N–C) groups is 1. The van der Waals surface area contributed by atoms with Crippen LogP contribution in [0.15, 0.2) is 76.5 Å². The van der Waals surface area contributed by atoms with Crippen molar-refractivity contribution >= 4 is 17.6 Å². The van der Waals surface area contributed by atoms with Crippen molar-refractivity contribution in [2.75, 3.05) is 20.1 Å². The highest BCUT2D eigenvalue weighted by Gasteiger charge is 2.09. The molecule has 4 rings (SSSR count). The molecule has 4 aromatic rings. The van der Waals surface area contributed by atoms with E-state index in [1.54, 1.807) is 25.4 Å². The molecule has 0 aliphatic heterocycles. The van der Waals surface area contributed by atoms with E-state index in [-0.39, 0.29) is 0 Å². The molecule has 0 fully saturated rings. The normalized spacial score (nSPS) is 11.5. The summed E-state index contributed by atoms with van der Waals surface area (Å²) in [6.45, 7) is 1.39. The molecule has 0 unspecified atom stereocenters. The number of hydrogen-bond donors (Lipinski definition) is 2. The van der Waals surface area contributed by atoms with Crippen LogP contribution < -0.4 is 10.6 Å². The van der Waals surface area contributed by atoms with Crippen LogP contribution in [-0.2, 0) is 12.8 Å². The van der Waals surface area contributed by atoms with E-state index in [2.05, 4.69) is 55.1 Å². The second kappa shape index (κ2) is 10.6. The highest BCUT2D eigenvalue weighted by molar-refractivity contribution is 6.30. The van der Waals surface area contributed by atoms with Crippen LogP contribution in [0.4, 0.5) is 0 Å². The standard InChI is InChI=1S/C23H24ClN7O/c1-25-23(26-14-11-17-3-9-20(10-4-17)31-16-2-13-28-31)27-15-12-21-29-22(30-32-21)18-5-7-19(24)8-6-18/h2-10,13,16H,11-12,14-15H2,1H3,(H2,25,26,27). The molecule has 0 aliphatic carbocycles. The van der Waals surface area contributed by atoms with Crippen LogP contribution in [0.1, 0.15) is 11.5 Å². The predicted molar refractivity (Wildman–Crippen MR) is 125 cm³/mol. The molecule has 0 bridgehead atoms. The zero-order valence-corrected chi connectivity index (χ0v) is 18.5. The molecule has 8 nitrogen and oxygen atoms in total. The average Bonchev–Trinajstić information content (AvgIpc) is 3.52. The maximum Gasteiger partial charge on any atom is 0.228 e. The maximum atomic E-state index is 5.92. The lowest BCUT2D eigenvalue weighted by molar-refractivity contribution is 0.378. The van der Waals surface area contributed by atoms with Gasteiger partial charge in [0, 0.05) is 49.5 Å². The number of hydrogen-bond acceptors (Lipinski definition) is 5. The molecule has 0 aliphatic rings. The molecular weight excluding hydrogens is 426 g/mol. The second-order valence-electron chi connectivity index (χ2n) is 7.06. The topological polar surface area (TPSA) is 93.2 Å². The number of nitrogens with zero attached hydrogens (tertiary/aromatic N) is 5. The van der Waals surface area contributed by atoms with Crippen LogP contribution in [0.2, 0.25) is 5.02 Å². The van der Waals surface area contributed by atoms with Crippen molar-refractivity contribution in [3.05, 3.63) is 83.5 Å². The Labute approximate surface area is 191 Å². The summed E-state index contributed by atoms with van der Waals surface area (Å²) in [5, 5.41) is 15.5. The van der Waals surface area contributed by atoms with Gasteiger partial charge in [0.15, 0.2) is 5.96 Å². The van der Waals surface area contributed by atoms with Crippen LogP contribution in [0.25, 0.3) is 17.1 Å². The molecule has 0 amide bonds. The van der Waals surface area contributed by atoms with E-state index in [4.69, 9.17) is 16.1 Å². The van der Waals surface area contributed by atoms with Crippen molar-refractivity contribution < 1.29 is 4.52 Å². The largest absolute Gasteiger partial charge is 0.356 e.